The van der Waals surface area contributed by atoms with Crippen LogP contribution in [0, 0.1) is 0 Å². The van der Waals surface area contributed by atoms with Crippen LogP contribution in [0.2, 0.25) is 0 Å². The van der Waals surface area contributed by atoms with Gasteiger partial charge in [0.1, 0.15) is 11.2 Å². The molecule has 0 bridgehead atoms. The molecule has 0 aliphatic carbocycles. The van der Waals surface area contributed by atoms with Gasteiger partial charge in [0.25, 0.3) is 0 Å². The number of thiocarbonyl (C=S) groups is 1. The lowest BCUT2D eigenvalue weighted by molar-refractivity contribution is 0.819. The molecule has 1 aliphatic rings. The lowest BCUT2D eigenvalue weighted by Gasteiger charge is -2.27. The zero-order valence-electron chi connectivity index (χ0n) is 10.3. The molecule has 2 aromatic rings. The molecule has 0 amide bonds. The molecule has 1 aliphatic heterocycles. The van der Waals surface area contributed by atoms with Crippen LogP contribution >= 0.6 is 12.2 Å². The first-order valence-corrected chi connectivity index (χ1v) is 6.63. The minimum atomic E-state index is 0.0302. The number of hydrogen-bond acceptors (Lipinski definition) is 2. The first kappa shape index (κ1) is 11.9. The molecule has 2 aromatic carbocycles. The van der Waals surface area contributed by atoms with Crippen molar-refractivity contribution in [1.82, 2.24) is 5.32 Å². The molecule has 0 unspecified atom stereocenters. The van der Waals surface area contributed by atoms with Crippen molar-refractivity contribution < 1.29 is 0 Å². The highest BCUT2D eigenvalue weighted by Gasteiger charge is 2.17. The van der Waals surface area contributed by atoms with Crippen molar-refractivity contribution in [1.29, 1.82) is 0 Å². The average molecular weight is 266 g/mol. The van der Waals surface area contributed by atoms with Crippen molar-refractivity contribution in [2.24, 2.45) is 0 Å². The Kier molecular flexibility index (Phi) is 3.29. The van der Waals surface area contributed by atoms with E-state index >= 15 is 0 Å². The van der Waals surface area contributed by atoms with Crippen LogP contribution in [0.1, 0.15) is 11.1 Å². The van der Waals surface area contributed by atoms with Crippen LogP contribution in [0.5, 0.6) is 0 Å². The van der Waals surface area contributed by atoms with E-state index in [2.05, 4.69) is 34.9 Å². The maximum Gasteiger partial charge on any atom is 0.117 e. The monoisotopic (exact) mass is 266 g/mol. The highest BCUT2D eigenvalue weighted by Crippen LogP contribution is 2.20. The van der Waals surface area contributed by atoms with Gasteiger partial charge in [-0.25, -0.2) is 0 Å². The Morgan fingerprint density at radius 1 is 0.895 bits per heavy atom. The van der Waals surface area contributed by atoms with Gasteiger partial charge < -0.3 is 10.6 Å². The minimum absolute atomic E-state index is 0.0302. The molecule has 1 heterocycles. The first-order chi connectivity index (χ1) is 9.33. The normalized spacial score (nSPS) is 17.7. The molecule has 0 aromatic heterocycles. The van der Waals surface area contributed by atoms with Gasteiger partial charge >= 0.3 is 0 Å². The standard InChI is InChI=1S/C16H14N2S/c19-16-13-8-4-5-9-14(13)17-15(18-16)11-10-12-6-2-1-3-7-12/h1-11,15,17H,(H,18,19)/b11-10+/t15-/m1/s1. The Balaban J connectivity index is 1.79. The van der Waals surface area contributed by atoms with E-state index in [0.717, 1.165) is 16.2 Å². The van der Waals surface area contributed by atoms with Gasteiger partial charge in [-0.1, -0.05) is 60.8 Å². The van der Waals surface area contributed by atoms with Crippen LogP contribution in [0.3, 0.4) is 0 Å². The van der Waals surface area contributed by atoms with Crippen LogP contribution in [0.4, 0.5) is 5.69 Å². The summed E-state index contributed by atoms with van der Waals surface area (Å²) >= 11 is 5.38. The molecule has 2 nitrogen and oxygen atoms in total. The van der Waals surface area contributed by atoms with Gasteiger partial charge in [-0.2, -0.15) is 0 Å². The van der Waals surface area contributed by atoms with Gasteiger partial charge in [0.15, 0.2) is 0 Å². The number of para-hydroxylation sites is 1. The second kappa shape index (κ2) is 5.24. The van der Waals surface area contributed by atoms with E-state index in [1.54, 1.807) is 0 Å². The van der Waals surface area contributed by atoms with E-state index in [1.807, 2.05) is 42.5 Å². The van der Waals surface area contributed by atoms with Crippen LogP contribution in [0.15, 0.2) is 60.7 Å². The third kappa shape index (κ3) is 2.66. The lowest BCUT2D eigenvalue weighted by Crippen LogP contribution is -2.43. The van der Waals surface area contributed by atoms with Crippen LogP contribution in [0.25, 0.3) is 6.08 Å². The summed E-state index contributed by atoms with van der Waals surface area (Å²) in [6, 6.07) is 18.3. The maximum absolute atomic E-state index is 5.38. The quantitative estimate of drug-likeness (QED) is 0.815. The molecule has 1 atom stereocenters. The zero-order valence-corrected chi connectivity index (χ0v) is 11.2. The molecular formula is C16H14N2S. The van der Waals surface area contributed by atoms with Gasteiger partial charge in [0.05, 0.1) is 0 Å². The summed E-state index contributed by atoms with van der Waals surface area (Å²) in [5.41, 5.74) is 3.31. The molecule has 0 saturated carbocycles. The second-order valence-electron chi connectivity index (χ2n) is 4.41. The fourth-order valence-corrected chi connectivity index (χ4v) is 2.40. The van der Waals surface area contributed by atoms with Crippen molar-refractivity contribution in [3.05, 3.63) is 71.8 Å². The number of benzene rings is 2. The summed E-state index contributed by atoms with van der Waals surface area (Å²) in [6.45, 7) is 0. The Hall–Kier alpha value is -2.13. The van der Waals surface area contributed by atoms with Crippen molar-refractivity contribution >= 4 is 29.0 Å². The first-order valence-electron chi connectivity index (χ1n) is 6.22. The van der Waals surface area contributed by atoms with Gasteiger partial charge in [-0.15, -0.1) is 0 Å². The van der Waals surface area contributed by atoms with Crippen molar-refractivity contribution in [3.8, 4) is 0 Å². The summed E-state index contributed by atoms with van der Waals surface area (Å²) in [6.07, 6.45) is 4.20. The molecule has 2 N–H and O–H groups in total. The van der Waals surface area contributed by atoms with Crippen LogP contribution in [-0.2, 0) is 0 Å². The third-order valence-electron chi connectivity index (χ3n) is 3.05. The fraction of sp³-hybridized carbons (Fsp3) is 0.0625. The molecule has 3 heteroatoms. The van der Waals surface area contributed by atoms with E-state index in [1.165, 1.54) is 5.56 Å². The number of rotatable bonds is 2. The van der Waals surface area contributed by atoms with E-state index in [-0.39, 0.29) is 6.17 Å². The average Bonchev–Trinajstić information content (AvgIpc) is 2.46. The third-order valence-corrected chi connectivity index (χ3v) is 3.39. The second-order valence-corrected chi connectivity index (χ2v) is 4.82. The SMILES string of the molecule is S=C1N[C@H](/C=C/c2ccccc2)Nc2ccccc21. The van der Waals surface area contributed by atoms with Gasteiger partial charge in [0, 0.05) is 11.3 Å². The number of anilines is 1. The van der Waals surface area contributed by atoms with Gasteiger partial charge in [0.2, 0.25) is 0 Å². The predicted octanol–water partition coefficient (Wildman–Crippen LogP) is 3.42. The van der Waals surface area contributed by atoms with Crippen molar-refractivity contribution in [2.75, 3.05) is 5.32 Å². The Bertz CT molecular complexity index is 620. The molecule has 0 saturated heterocycles. The van der Waals surface area contributed by atoms with Crippen molar-refractivity contribution in [3.63, 3.8) is 0 Å². The molecule has 0 spiro atoms. The highest BCUT2D eigenvalue weighted by atomic mass is 32.1. The fourth-order valence-electron chi connectivity index (χ4n) is 2.10. The summed E-state index contributed by atoms with van der Waals surface area (Å²) in [5, 5.41) is 6.69. The summed E-state index contributed by atoms with van der Waals surface area (Å²) < 4.78 is 0. The Morgan fingerprint density at radius 2 is 1.63 bits per heavy atom. The van der Waals surface area contributed by atoms with E-state index in [4.69, 9.17) is 12.2 Å². The zero-order chi connectivity index (χ0) is 13.1. The summed E-state index contributed by atoms with van der Waals surface area (Å²) in [4.78, 5) is 0.789. The number of nitrogens with one attached hydrogen (secondary N) is 2. The summed E-state index contributed by atoms with van der Waals surface area (Å²) in [5.74, 6) is 0. The maximum atomic E-state index is 5.38. The highest BCUT2D eigenvalue weighted by molar-refractivity contribution is 7.80. The molecule has 0 radical (unpaired) electrons. The Morgan fingerprint density at radius 3 is 2.47 bits per heavy atom. The van der Waals surface area contributed by atoms with Gasteiger partial charge in [-0.05, 0) is 23.8 Å². The minimum Gasteiger partial charge on any atom is -0.362 e. The van der Waals surface area contributed by atoms with Crippen molar-refractivity contribution in [2.45, 2.75) is 6.17 Å². The van der Waals surface area contributed by atoms with E-state index < -0.39 is 0 Å². The largest absolute Gasteiger partial charge is 0.362 e. The smallest absolute Gasteiger partial charge is 0.117 e. The van der Waals surface area contributed by atoms with E-state index in [9.17, 15) is 0 Å². The molecule has 0 fully saturated rings. The number of hydrogen-bond donors (Lipinski definition) is 2. The molecule has 3 rings (SSSR count). The predicted molar refractivity (Wildman–Crippen MR) is 84.2 cm³/mol. The summed E-state index contributed by atoms with van der Waals surface area (Å²) in [7, 11) is 0. The lowest BCUT2D eigenvalue weighted by atomic mass is 10.1. The van der Waals surface area contributed by atoms with Crippen LogP contribution in [-0.4, -0.2) is 11.2 Å². The molecular weight excluding hydrogens is 252 g/mol. The number of fused-ring (bicyclic) bond motifs is 1. The topological polar surface area (TPSA) is 24.1 Å². The van der Waals surface area contributed by atoms with Crippen LogP contribution < -0.4 is 10.6 Å². The Labute approximate surface area is 118 Å². The van der Waals surface area contributed by atoms with Gasteiger partial charge in [-0.3, -0.25) is 0 Å². The molecule has 19 heavy (non-hydrogen) atoms. The van der Waals surface area contributed by atoms with E-state index in [0.29, 0.717) is 0 Å². The molecule has 94 valence electrons.